The first-order valence-corrected chi connectivity index (χ1v) is 7.39. The highest BCUT2D eigenvalue weighted by atomic mass is 19.1. The Bertz CT molecular complexity index is 588. The monoisotopic (exact) mass is 288 g/mol. The molecule has 1 saturated heterocycles. The molecule has 1 amide bonds. The van der Waals surface area contributed by atoms with Crippen LogP contribution in [0.5, 0.6) is 0 Å². The average Bonchev–Trinajstić information content (AvgIpc) is 2.86. The lowest BCUT2D eigenvalue weighted by Crippen LogP contribution is -2.39. The van der Waals surface area contributed by atoms with Crippen molar-refractivity contribution in [2.45, 2.75) is 45.2 Å². The third-order valence-corrected chi connectivity index (χ3v) is 4.03. The van der Waals surface area contributed by atoms with Gasteiger partial charge in [-0.15, -0.1) is 0 Å². The van der Waals surface area contributed by atoms with Crippen LogP contribution in [0.2, 0.25) is 0 Å². The summed E-state index contributed by atoms with van der Waals surface area (Å²) in [5, 5.41) is 0. The number of rotatable bonds is 2. The van der Waals surface area contributed by atoms with Crippen LogP contribution in [0.25, 0.3) is 0 Å². The summed E-state index contributed by atoms with van der Waals surface area (Å²) < 4.78 is 14.0. The van der Waals surface area contributed by atoms with Crippen LogP contribution in [0.3, 0.4) is 0 Å². The first-order valence-electron chi connectivity index (χ1n) is 7.39. The fourth-order valence-electron chi connectivity index (χ4n) is 2.88. The molecule has 1 aliphatic heterocycles. The van der Waals surface area contributed by atoms with Gasteiger partial charge < -0.3 is 10.6 Å². The molecule has 1 fully saturated rings. The van der Waals surface area contributed by atoms with Gasteiger partial charge in [0.15, 0.2) is 0 Å². The predicted octanol–water partition coefficient (Wildman–Crippen LogP) is 2.54. The summed E-state index contributed by atoms with van der Waals surface area (Å²) in [6, 6.07) is 4.94. The number of hydrogen-bond acceptors (Lipinski definition) is 2. The highest BCUT2D eigenvalue weighted by molar-refractivity contribution is 5.95. The topological polar surface area (TPSA) is 46.3 Å². The van der Waals surface area contributed by atoms with E-state index in [0.29, 0.717) is 5.56 Å². The highest BCUT2D eigenvalue weighted by Gasteiger charge is 2.33. The molecule has 0 bridgehead atoms. The lowest BCUT2D eigenvalue weighted by molar-refractivity contribution is 0.0676. The third-order valence-electron chi connectivity index (χ3n) is 4.03. The van der Waals surface area contributed by atoms with Crippen molar-refractivity contribution in [2.75, 3.05) is 6.54 Å². The molecule has 1 aromatic rings. The number of halogens is 1. The zero-order chi connectivity index (χ0) is 15.4. The van der Waals surface area contributed by atoms with Gasteiger partial charge in [-0.2, -0.15) is 0 Å². The molecule has 2 N–H and O–H groups in total. The summed E-state index contributed by atoms with van der Waals surface area (Å²) in [7, 11) is 0. The minimum Gasteiger partial charge on any atom is -0.333 e. The van der Waals surface area contributed by atoms with Crippen molar-refractivity contribution in [3.05, 3.63) is 35.1 Å². The van der Waals surface area contributed by atoms with Crippen molar-refractivity contribution < 1.29 is 9.18 Å². The molecule has 1 heterocycles. The second-order valence-electron chi connectivity index (χ2n) is 5.40. The standard InChI is InChI=1S/C17H21FN2O/c1-3-15-9-6-12(2)20(15)17(21)14-8-7-13(5-4-10-19)16(18)11-14/h7-8,11-12,15H,3,6,9-10,19H2,1-2H3. The van der Waals surface area contributed by atoms with E-state index < -0.39 is 5.82 Å². The van der Waals surface area contributed by atoms with E-state index in [-0.39, 0.29) is 30.1 Å². The van der Waals surface area contributed by atoms with Gasteiger partial charge in [0.05, 0.1) is 12.1 Å². The van der Waals surface area contributed by atoms with Crippen LogP contribution in [0.1, 0.15) is 49.0 Å². The van der Waals surface area contributed by atoms with Crippen molar-refractivity contribution in [1.82, 2.24) is 4.90 Å². The van der Waals surface area contributed by atoms with Gasteiger partial charge in [0, 0.05) is 17.6 Å². The molecule has 0 aliphatic carbocycles. The summed E-state index contributed by atoms with van der Waals surface area (Å²) >= 11 is 0. The van der Waals surface area contributed by atoms with Crippen LogP contribution in [0.15, 0.2) is 18.2 Å². The molecule has 2 unspecified atom stereocenters. The molecule has 0 aromatic heterocycles. The molecule has 4 heteroatoms. The smallest absolute Gasteiger partial charge is 0.254 e. The Morgan fingerprint density at radius 2 is 2.24 bits per heavy atom. The van der Waals surface area contributed by atoms with Gasteiger partial charge in [0.25, 0.3) is 5.91 Å². The number of carbonyl (C=O) groups excluding carboxylic acids is 1. The fourth-order valence-corrected chi connectivity index (χ4v) is 2.88. The maximum Gasteiger partial charge on any atom is 0.254 e. The lowest BCUT2D eigenvalue weighted by atomic mass is 10.1. The first kappa shape index (κ1) is 15.5. The van der Waals surface area contributed by atoms with Crippen molar-refractivity contribution in [3.8, 4) is 11.8 Å². The highest BCUT2D eigenvalue weighted by Crippen LogP contribution is 2.28. The molecule has 2 atom stereocenters. The Morgan fingerprint density at radius 3 is 2.86 bits per heavy atom. The van der Waals surface area contributed by atoms with Crippen molar-refractivity contribution in [3.63, 3.8) is 0 Å². The number of nitrogens with zero attached hydrogens (tertiary/aromatic N) is 1. The number of benzene rings is 1. The Balaban J connectivity index is 2.25. The Kier molecular flexibility index (Phi) is 4.98. The molecule has 0 saturated carbocycles. The van der Waals surface area contributed by atoms with Crippen molar-refractivity contribution >= 4 is 5.91 Å². The fraction of sp³-hybridized carbons (Fsp3) is 0.471. The average molecular weight is 288 g/mol. The molecule has 0 radical (unpaired) electrons. The van der Waals surface area contributed by atoms with Crippen molar-refractivity contribution in [1.29, 1.82) is 0 Å². The quantitative estimate of drug-likeness (QED) is 0.850. The maximum absolute atomic E-state index is 14.0. The van der Waals surface area contributed by atoms with Crippen LogP contribution in [0.4, 0.5) is 4.39 Å². The zero-order valence-electron chi connectivity index (χ0n) is 12.5. The van der Waals surface area contributed by atoms with E-state index in [4.69, 9.17) is 5.73 Å². The van der Waals surface area contributed by atoms with Crippen molar-refractivity contribution in [2.24, 2.45) is 5.73 Å². The summed E-state index contributed by atoms with van der Waals surface area (Å²) in [6.07, 6.45) is 2.96. The summed E-state index contributed by atoms with van der Waals surface area (Å²) in [4.78, 5) is 14.5. The number of hydrogen-bond donors (Lipinski definition) is 1. The second-order valence-corrected chi connectivity index (χ2v) is 5.40. The lowest BCUT2D eigenvalue weighted by Gasteiger charge is -2.28. The maximum atomic E-state index is 14.0. The second kappa shape index (κ2) is 6.73. The van der Waals surface area contributed by atoms with Gasteiger partial charge in [0.1, 0.15) is 5.82 Å². The number of amides is 1. The zero-order valence-corrected chi connectivity index (χ0v) is 12.5. The molecular formula is C17H21FN2O. The van der Waals surface area contributed by atoms with E-state index in [1.54, 1.807) is 12.1 Å². The van der Waals surface area contributed by atoms with Crippen LogP contribution in [-0.4, -0.2) is 29.4 Å². The van der Waals surface area contributed by atoms with E-state index in [9.17, 15) is 9.18 Å². The van der Waals surface area contributed by atoms with Gasteiger partial charge in [-0.3, -0.25) is 4.79 Å². The van der Waals surface area contributed by atoms with Gasteiger partial charge >= 0.3 is 0 Å². The molecule has 2 rings (SSSR count). The third kappa shape index (κ3) is 3.25. The SMILES string of the molecule is CCC1CCC(C)N1C(=O)c1ccc(C#CCN)c(F)c1. The van der Waals surface area contributed by atoms with Crippen LogP contribution < -0.4 is 5.73 Å². The van der Waals surface area contributed by atoms with Gasteiger partial charge in [-0.05, 0) is 44.4 Å². The minimum atomic E-state index is -0.471. The van der Waals surface area contributed by atoms with E-state index in [2.05, 4.69) is 18.8 Å². The van der Waals surface area contributed by atoms with Gasteiger partial charge in [-0.25, -0.2) is 4.39 Å². The predicted molar refractivity (Wildman–Crippen MR) is 81.3 cm³/mol. The molecule has 0 spiro atoms. The first-order chi connectivity index (χ1) is 10.1. The van der Waals surface area contributed by atoms with Crippen LogP contribution in [0, 0.1) is 17.7 Å². The number of nitrogens with two attached hydrogens (primary N) is 1. The van der Waals surface area contributed by atoms with E-state index in [0.717, 1.165) is 19.3 Å². The van der Waals surface area contributed by atoms with Gasteiger partial charge in [0.2, 0.25) is 0 Å². The minimum absolute atomic E-state index is 0.0934. The molecule has 1 aliphatic rings. The number of likely N-dealkylation sites (tertiary alicyclic amines) is 1. The summed E-state index contributed by atoms with van der Waals surface area (Å²) in [6.45, 7) is 4.31. The van der Waals surface area contributed by atoms with Gasteiger partial charge in [-0.1, -0.05) is 18.8 Å². The molecule has 21 heavy (non-hydrogen) atoms. The largest absolute Gasteiger partial charge is 0.333 e. The van der Waals surface area contributed by atoms with Crippen LogP contribution in [-0.2, 0) is 0 Å². The molecule has 3 nitrogen and oxygen atoms in total. The Morgan fingerprint density at radius 1 is 1.48 bits per heavy atom. The Labute approximate surface area is 125 Å². The van der Waals surface area contributed by atoms with E-state index in [1.807, 2.05) is 11.8 Å². The Hall–Kier alpha value is -1.86. The number of carbonyl (C=O) groups is 1. The molecule has 112 valence electrons. The normalized spacial score (nSPS) is 21.0. The summed E-state index contributed by atoms with van der Waals surface area (Å²) in [5.41, 5.74) is 5.94. The molecular weight excluding hydrogens is 267 g/mol. The molecule has 1 aromatic carbocycles. The summed E-state index contributed by atoms with van der Waals surface area (Å²) in [5.74, 6) is 4.71. The van der Waals surface area contributed by atoms with E-state index >= 15 is 0 Å². The van der Waals surface area contributed by atoms with Crippen LogP contribution >= 0.6 is 0 Å². The van der Waals surface area contributed by atoms with E-state index in [1.165, 1.54) is 6.07 Å².